The molecule has 2 heterocycles. The van der Waals surface area contributed by atoms with Crippen molar-refractivity contribution in [1.82, 2.24) is 10.2 Å². The maximum Gasteiger partial charge on any atom is 0.124 e. The molecule has 1 aromatic heterocycles. The van der Waals surface area contributed by atoms with Crippen molar-refractivity contribution in [3.05, 3.63) is 55.4 Å². The molecule has 0 radical (unpaired) electrons. The van der Waals surface area contributed by atoms with Gasteiger partial charge < -0.3 is 5.32 Å². The van der Waals surface area contributed by atoms with E-state index in [1.54, 1.807) is 17.4 Å². The number of nitrogens with one attached hydrogen (secondary N) is 1. The van der Waals surface area contributed by atoms with Gasteiger partial charge in [-0.05, 0) is 35.9 Å². The molecule has 3 rings (SSSR count). The Morgan fingerprint density at radius 2 is 1.95 bits per heavy atom. The Kier molecular flexibility index (Phi) is 6.68. The average molecular weight is 426 g/mol. The molecular formula is C15H16BrCl2FN2S. The number of hydrogen-bond donors (Lipinski definition) is 1. The van der Waals surface area contributed by atoms with Gasteiger partial charge in [0, 0.05) is 35.5 Å². The van der Waals surface area contributed by atoms with E-state index in [0.29, 0.717) is 0 Å². The molecule has 1 saturated heterocycles. The highest BCUT2D eigenvalue weighted by Crippen LogP contribution is 2.36. The molecule has 7 heteroatoms. The lowest BCUT2D eigenvalue weighted by Crippen LogP contribution is -2.45. The zero-order chi connectivity index (χ0) is 14.8. The second-order valence-corrected chi connectivity index (χ2v) is 7.70. The number of hydrogen-bond acceptors (Lipinski definition) is 3. The minimum Gasteiger partial charge on any atom is -0.314 e. The van der Waals surface area contributed by atoms with Crippen LogP contribution >= 0.6 is 51.3 Å². The van der Waals surface area contributed by atoms with Crippen molar-refractivity contribution in [3.63, 3.8) is 0 Å². The number of rotatable bonds is 3. The topological polar surface area (TPSA) is 15.3 Å². The standard InChI is InChI=1S/C15H15BrClFN2S.ClH/c16-11-7-10(8-12(18)9-11)15(13-1-2-14(17)21-13)20-5-3-19-4-6-20;/h1-2,7-9,15,19H,3-6H2;1H/t15-;/m1./s1. The molecule has 2 nitrogen and oxygen atoms in total. The molecule has 1 aliphatic rings. The van der Waals surface area contributed by atoms with Gasteiger partial charge in [-0.1, -0.05) is 27.5 Å². The second-order valence-electron chi connectivity index (χ2n) is 5.03. The van der Waals surface area contributed by atoms with Crippen LogP contribution in [0.2, 0.25) is 4.34 Å². The van der Waals surface area contributed by atoms with Gasteiger partial charge in [0.15, 0.2) is 0 Å². The third kappa shape index (κ3) is 4.22. The summed E-state index contributed by atoms with van der Waals surface area (Å²) in [5, 5.41) is 3.35. The van der Waals surface area contributed by atoms with Gasteiger partial charge in [0.1, 0.15) is 5.82 Å². The molecule has 0 bridgehead atoms. The van der Waals surface area contributed by atoms with Crippen LogP contribution in [0.5, 0.6) is 0 Å². The summed E-state index contributed by atoms with van der Waals surface area (Å²) >= 11 is 11.0. The maximum absolute atomic E-state index is 13.8. The monoisotopic (exact) mass is 424 g/mol. The molecule has 120 valence electrons. The number of benzene rings is 1. The first-order valence-corrected chi connectivity index (χ1v) is 8.78. The van der Waals surface area contributed by atoms with Gasteiger partial charge in [0.25, 0.3) is 0 Å². The molecule has 1 aliphatic heterocycles. The molecule has 2 aromatic rings. The van der Waals surface area contributed by atoms with E-state index in [9.17, 15) is 4.39 Å². The molecule has 1 N–H and O–H groups in total. The summed E-state index contributed by atoms with van der Waals surface area (Å²) in [6, 6.07) is 9.09. The minimum absolute atomic E-state index is 0. The smallest absolute Gasteiger partial charge is 0.124 e. The second kappa shape index (κ2) is 8.08. The molecule has 22 heavy (non-hydrogen) atoms. The number of thiophene rings is 1. The van der Waals surface area contributed by atoms with Crippen LogP contribution in [0, 0.1) is 5.82 Å². The molecule has 0 saturated carbocycles. The van der Waals surface area contributed by atoms with Crippen LogP contribution in [-0.2, 0) is 0 Å². The van der Waals surface area contributed by atoms with E-state index >= 15 is 0 Å². The third-order valence-electron chi connectivity index (χ3n) is 3.58. The first kappa shape index (κ1) is 18.2. The summed E-state index contributed by atoms with van der Waals surface area (Å²) in [4.78, 5) is 3.53. The van der Waals surface area contributed by atoms with E-state index in [-0.39, 0.29) is 24.3 Å². The van der Waals surface area contributed by atoms with Crippen molar-refractivity contribution in [2.24, 2.45) is 0 Å². The quantitative estimate of drug-likeness (QED) is 0.765. The third-order valence-corrected chi connectivity index (χ3v) is 5.32. The van der Waals surface area contributed by atoms with Crippen molar-refractivity contribution >= 4 is 51.3 Å². The van der Waals surface area contributed by atoms with E-state index < -0.39 is 0 Å². The Morgan fingerprint density at radius 1 is 1.23 bits per heavy atom. The normalized spacial score (nSPS) is 17.0. The number of nitrogens with zero attached hydrogens (tertiary/aromatic N) is 1. The van der Waals surface area contributed by atoms with Gasteiger partial charge >= 0.3 is 0 Å². The zero-order valence-electron chi connectivity index (χ0n) is 11.7. The van der Waals surface area contributed by atoms with Crippen molar-refractivity contribution in [3.8, 4) is 0 Å². The van der Waals surface area contributed by atoms with E-state index in [1.165, 1.54) is 6.07 Å². The van der Waals surface area contributed by atoms with Gasteiger partial charge in [0.2, 0.25) is 0 Å². The predicted molar refractivity (Wildman–Crippen MR) is 97.0 cm³/mol. The van der Waals surface area contributed by atoms with Crippen LogP contribution in [0.25, 0.3) is 0 Å². The van der Waals surface area contributed by atoms with Crippen LogP contribution in [0.1, 0.15) is 16.5 Å². The molecular weight excluding hydrogens is 410 g/mol. The minimum atomic E-state index is -0.220. The maximum atomic E-state index is 13.8. The van der Waals surface area contributed by atoms with Crippen LogP contribution in [0.15, 0.2) is 34.8 Å². The summed E-state index contributed by atoms with van der Waals surface area (Å²) in [5.74, 6) is -0.220. The van der Waals surface area contributed by atoms with E-state index in [1.807, 2.05) is 18.2 Å². The largest absolute Gasteiger partial charge is 0.314 e. The molecule has 0 aliphatic carbocycles. The Labute approximate surface area is 153 Å². The van der Waals surface area contributed by atoms with Gasteiger partial charge in [-0.2, -0.15) is 0 Å². The Hall–Kier alpha value is -0.170. The van der Waals surface area contributed by atoms with Crippen molar-refractivity contribution in [2.45, 2.75) is 6.04 Å². The van der Waals surface area contributed by atoms with Crippen LogP contribution in [0.4, 0.5) is 4.39 Å². The fourth-order valence-corrected chi connectivity index (χ4v) is 4.41. The van der Waals surface area contributed by atoms with Gasteiger partial charge in [0.05, 0.1) is 10.4 Å². The lowest BCUT2D eigenvalue weighted by atomic mass is 10.0. The highest BCUT2D eigenvalue weighted by molar-refractivity contribution is 9.10. The molecule has 1 aromatic carbocycles. The van der Waals surface area contributed by atoms with E-state index in [2.05, 4.69) is 26.1 Å². The summed E-state index contributed by atoms with van der Waals surface area (Å²) in [6.45, 7) is 3.78. The van der Waals surface area contributed by atoms with Gasteiger partial charge in [-0.25, -0.2) is 4.39 Å². The molecule has 0 amide bonds. The highest BCUT2D eigenvalue weighted by Gasteiger charge is 2.25. The number of halogens is 4. The fourth-order valence-electron chi connectivity index (χ4n) is 2.70. The molecule has 1 fully saturated rings. The van der Waals surface area contributed by atoms with Crippen molar-refractivity contribution < 1.29 is 4.39 Å². The number of piperazine rings is 1. The summed E-state index contributed by atoms with van der Waals surface area (Å²) in [6.07, 6.45) is 0. The van der Waals surface area contributed by atoms with Crippen molar-refractivity contribution in [2.75, 3.05) is 26.2 Å². The SMILES string of the molecule is Cl.Fc1cc(Br)cc([C@H](c2ccc(Cl)s2)N2CCNCC2)c1. The Bertz CT molecular complexity index is 612. The fraction of sp³-hybridized carbons (Fsp3) is 0.333. The van der Waals surface area contributed by atoms with Gasteiger partial charge in [-0.15, -0.1) is 23.7 Å². The van der Waals surface area contributed by atoms with Crippen molar-refractivity contribution in [1.29, 1.82) is 0 Å². The van der Waals surface area contributed by atoms with Gasteiger partial charge in [-0.3, -0.25) is 4.90 Å². The molecule has 1 atom stereocenters. The molecule has 0 spiro atoms. The van der Waals surface area contributed by atoms with Crippen LogP contribution in [-0.4, -0.2) is 31.1 Å². The zero-order valence-corrected chi connectivity index (χ0v) is 15.7. The lowest BCUT2D eigenvalue weighted by molar-refractivity contribution is 0.200. The summed E-state index contributed by atoms with van der Waals surface area (Å²) in [5.41, 5.74) is 0.960. The van der Waals surface area contributed by atoms with Crippen LogP contribution < -0.4 is 5.32 Å². The molecule has 0 unspecified atom stereocenters. The average Bonchev–Trinajstić information content (AvgIpc) is 2.85. The highest BCUT2D eigenvalue weighted by atomic mass is 79.9. The van der Waals surface area contributed by atoms with Crippen LogP contribution in [0.3, 0.4) is 0 Å². The summed E-state index contributed by atoms with van der Waals surface area (Å²) in [7, 11) is 0. The first-order valence-electron chi connectivity index (χ1n) is 6.79. The first-order chi connectivity index (χ1) is 10.1. The Balaban J connectivity index is 0.00000176. The van der Waals surface area contributed by atoms with E-state index in [0.717, 1.165) is 45.4 Å². The Morgan fingerprint density at radius 3 is 2.55 bits per heavy atom. The summed E-state index contributed by atoms with van der Waals surface area (Å²) < 4.78 is 15.3. The lowest BCUT2D eigenvalue weighted by Gasteiger charge is -2.34. The van der Waals surface area contributed by atoms with E-state index in [4.69, 9.17) is 11.6 Å². The predicted octanol–water partition coefficient (Wildman–Crippen LogP) is 4.72.